The maximum Gasteiger partial charge on any atom is 0.142 e. The summed E-state index contributed by atoms with van der Waals surface area (Å²) >= 11 is 3.30. The van der Waals surface area contributed by atoms with Gasteiger partial charge >= 0.3 is 0 Å². The highest BCUT2D eigenvalue weighted by Gasteiger charge is 1.96. The summed E-state index contributed by atoms with van der Waals surface area (Å²) in [5.74, 6) is 0.703. The van der Waals surface area contributed by atoms with Crippen molar-refractivity contribution in [3.8, 4) is 5.75 Å². The molecule has 2 N–H and O–H groups in total. The van der Waals surface area contributed by atoms with E-state index in [9.17, 15) is 0 Å². The quantitative estimate of drug-likeness (QED) is 0.763. The van der Waals surface area contributed by atoms with Crippen molar-refractivity contribution in [2.75, 3.05) is 12.8 Å². The number of rotatable bonds is 1. The van der Waals surface area contributed by atoms with E-state index in [4.69, 9.17) is 10.5 Å². The molecule has 0 aliphatic rings. The van der Waals surface area contributed by atoms with Crippen LogP contribution in [0.4, 0.5) is 5.69 Å². The first-order valence-corrected chi connectivity index (χ1v) is 3.62. The Morgan fingerprint density at radius 3 is 2.55 bits per heavy atom. The number of hydrogen-bond donors (Lipinski definition) is 1. The minimum absolute atomic E-state index is 0. The normalized spacial score (nSPS) is 8.55. The summed E-state index contributed by atoms with van der Waals surface area (Å²) in [5.41, 5.74) is 6.21. The fraction of sp³-hybridized carbons (Fsp3) is 0.143. The van der Waals surface area contributed by atoms with Gasteiger partial charge in [0.2, 0.25) is 0 Å². The van der Waals surface area contributed by atoms with Crippen LogP contribution in [0.2, 0.25) is 0 Å². The number of methoxy groups -OCH3 is 1. The highest BCUT2D eigenvalue weighted by molar-refractivity contribution is 9.10. The lowest BCUT2D eigenvalue weighted by Crippen LogP contribution is -1.90. The lowest BCUT2D eigenvalue weighted by Gasteiger charge is -2.02. The molecule has 0 atom stereocenters. The molecule has 62 valence electrons. The van der Waals surface area contributed by atoms with Crippen LogP contribution in [-0.4, -0.2) is 7.11 Å². The maximum absolute atomic E-state index is 5.55. The summed E-state index contributed by atoms with van der Waals surface area (Å²) in [6.07, 6.45) is 0. The van der Waals surface area contributed by atoms with E-state index in [2.05, 4.69) is 15.9 Å². The minimum atomic E-state index is 0. The molecular formula is C7H9BrClNO. The van der Waals surface area contributed by atoms with Crippen molar-refractivity contribution in [3.63, 3.8) is 0 Å². The fourth-order valence-electron chi connectivity index (χ4n) is 0.685. The number of anilines is 1. The zero-order valence-corrected chi connectivity index (χ0v) is 8.41. The van der Waals surface area contributed by atoms with Gasteiger partial charge < -0.3 is 10.5 Å². The van der Waals surface area contributed by atoms with E-state index >= 15 is 0 Å². The van der Waals surface area contributed by atoms with Crippen LogP contribution in [0, 0.1) is 0 Å². The molecule has 0 amide bonds. The van der Waals surface area contributed by atoms with Crippen molar-refractivity contribution in [3.05, 3.63) is 22.7 Å². The number of ether oxygens (including phenoxy) is 1. The van der Waals surface area contributed by atoms with Gasteiger partial charge in [-0.2, -0.15) is 0 Å². The van der Waals surface area contributed by atoms with Gasteiger partial charge in [0.05, 0.1) is 12.8 Å². The molecule has 4 heteroatoms. The Labute approximate surface area is 80.3 Å². The molecule has 1 rings (SSSR count). The molecule has 2 nitrogen and oxygen atoms in total. The zero-order chi connectivity index (χ0) is 7.56. The molecule has 1 aromatic carbocycles. The first-order valence-electron chi connectivity index (χ1n) is 2.83. The average Bonchev–Trinajstić information content (AvgIpc) is 1.94. The summed E-state index contributed by atoms with van der Waals surface area (Å²) in [6, 6.07) is 5.50. The van der Waals surface area contributed by atoms with Crippen molar-refractivity contribution in [1.82, 2.24) is 0 Å². The van der Waals surface area contributed by atoms with E-state index in [0.29, 0.717) is 11.4 Å². The predicted octanol–water partition coefficient (Wildman–Crippen LogP) is 2.46. The van der Waals surface area contributed by atoms with Gasteiger partial charge in [0.25, 0.3) is 0 Å². The summed E-state index contributed by atoms with van der Waals surface area (Å²) in [6.45, 7) is 0. The van der Waals surface area contributed by atoms with Crippen LogP contribution in [0.3, 0.4) is 0 Å². The molecule has 0 heterocycles. The van der Waals surface area contributed by atoms with E-state index in [1.807, 2.05) is 12.1 Å². The van der Waals surface area contributed by atoms with Crippen LogP contribution in [0.15, 0.2) is 22.7 Å². The van der Waals surface area contributed by atoms with Crippen molar-refractivity contribution in [2.24, 2.45) is 0 Å². The zero-order valence-electron chi connectivity index (χ0n) is 6.00. The van der Waals surface area contributed by atoms with Crippen LogP contribution >= 0.6 is 28.3 Å². The van der Waals surface area contributed by atoms with Gasteiger partial charge in [-0.15, -0.1) is 12.4 Å². The van der Waals surface area contributed by atoms with Gasteiger partial charge in [0.1, 0.15) is 5.75 Å². The average molecular weight is 239 g/mol. The van der Waals surface area contributed by atoms with Crippen LogP contribution in [0.5, 0.6) is 5.75 Å². The molecule has 0 unspecified atom stereocenters. The molecule has 0 aliphatic heterocycles. The second-order valence-corrected chi connectivity index (χ2v) is 2.80. The standard InChI is InChI=1S/C7H8BrNO.ClH/c1-10-7-4-5(8)2-3-6(7)9;/h2-4H,9H2,1H3;1H. The van der Waals surface area contributed by atoms with Gasteiger partial charge in [-0.05, 0) is 18.2 Å². The largest absolute Gasteiger partial charge is 0.495 e. The molecular weight excluding hydrogens is 229 g/mol. The minimum Gasteiger partial charge on any atom is -0.495 e. The Bertz CT molecular complexity index is 242. The molecule has 1 aromatic rings. The molecule has 0 fully saturated rings. The molecule has 0 bridgehead atoms. The SMILES string of the molecule is COc1cc(Br)ccc1N.Cl. The van der Waals surface area contributed by atoms with Crippen molar-refractivity contribution in [2.45, 2.75) is 0 Å². The number of benzene rings is 1. The topological polar surface area (TPSA) is 35.2 Å². The Kier molecular flexibility index (Phi) is 4.30. The molecule has 0 radical (unpaired) electrons. The second-order valence-electron chi connectivity index (χ2n) is 1.89. The van der Waals surface area contributed by atoms with E-state index in [1.165, 1.54) is 0 Å². The molecule has 0 aliphatic carbocycles. The van der Waals surface area contributed by atoms with Gasteiger partial charge in [0, 0.05) is 4.47 Å². The van der Waals surface area contributed by atoms with Gasteiger partial charge in [0.15, 0.2) is 0 Å². The Balaban J connectivity index is 0.000001000. The van der Waals surface area contributed by atoms with Crippen molar-refractivity contribution >= 4 is 34.0 Å². The first-order chi connectivity index (χ1) is 4.74. The smallest absolute Gasteiger partial charge is 0.142 e. The van der Waals surface area contributed by atoms with E-state index in [0.717, 1.165) is 4.47 Å². The summed E-state index contributed by atoms with van der Waals surface area (Å²) in [4.78, 5) is 0. The number of nitrogen functional groups attached to an aromatic ring is 1. The summed E-state index contributed by atoms with van der Waals surface area (Å²) in [7, 11) is 1.60. The van der Waals surface area contributed by atoms with Crippen LogP contribution < -0.4 is 10.5 Å². The molecule has 0 aromatic heterocycles. The summed E-state index contributed by atoms with van der Waals surface area (Å²) in [5, 5.41) is 0. The van der Waals surface area contributed by atoms with E-state index in [-0.39, 0.29) is 12.4 Å². The van der Waals surface area contributed by atoms with Gasteiger partial charge in [-0.1, -0.05) is 15.9 Å². The van der Waals surface area contributed by atoms with Gasteiger partial charge in [-0.25, -0.2) is 0 Å². The molecule has 0 saturated carbocycles. The molecule has 0 spiro atoms. The van der Waals surface area contributed by atoms with Crippen molar-refractivity contribution in [1.29, 1.82) is 0 Å². The lowest BCUT2D eigenvalue weighted by atomic mass is 10.3. The Hall–Kier alpha value is -0.410. The van der Waals surface area contributed by atoms with Gasteiger partial charge in [-0.3, -0.25) is 0 Å². The monoisotopic (exact) mass is 237 g/mol. The van der Waals surface area contributed by atoms with Crippen LogP contribution in [0.1, 0.15) is 0 Å². The highest BCUT2D eigenvalue weighted by Crippen LogP contribution is 2.24. The van der Waals surface area contributed by atoms with E-state index in [1.54, 1.807) is 13.2 Å². The summed E-state index contributed by atoms with van der Waals surface area (Å²) < 4.78 is 5.94. The van der Waals surface area contributed by atoms with Crippen LogP contribution in [-0.2, 0) is 0 Å². The maximum atomic E-state index is 5.55. The Morgan fingerprint density at radius 2 is 2.09 bits per heavy atom. The third kappa shape index (κ3) is 2.60. The Morgan fingerprint density at radius 1 is 1.45 bits per heavy atom. The van der Waals surface area contributed by atoms with Crippen molar-refractivity contribution < 1.29 is 4.74 Å². The molecule has 0 saturated heterocycles. The predicted molar refractivity (Wildman–Crippen MR) is 52.4 cm³/mol. The highest BCUT2D eigenvalue weighted by atomic mass is 79.9. The lowest BCUT2D eigenvalue weighted by molar-refractivity contribution is 0.416. The second kappa shape index (κ2) is 4.46. The fourth-order valence-corrected chi connectivity index (χ4v) is 1.03. The number of nitrogens with two attached hydrogens (primary N) is 1. The third-order valence-electron chi connectivity index (χ3n) is 1.20. The number of halogens is 2. The first kappa shape index (κ1) is 10.6. The third-order valence-corrected chi connectivity index (χ3v) is 1.69. The number of hydrogen-bond acceptors (Lipinski definition) is 2. The molecule has 11 heavy (non-hydrogen) atoms. The van der Waals surface area contributed by atoms with Crippen LogP contribution in [0.25, 0.3) is 0 Å². The van der Waals surface area contributed by atoms with E-state index < -0.39 is 0 Å².